The van der Waals surface area contributed by atoms with E-state index >= 15 is 0 Å². The molecule has 1 aromatic carbocycles. The van der Waals surface area contributed by atoms with Crippen molar-refractivity contribution < 1.29 is 39.7 Å². The van der Waals surface area contributed by atoms with Crippen molar-refractivity contribution in [2.24, 2.45) is 0 Å². The Hall–Kier alpha value is -3.98. The highest BCUT2D eigenvalue weighted by Crippen LogP contribution is 2.47. The molecule has 0 saturated carbocycles. The minimum atomic E-state index is -6.07. The summed E-state index contributed by atoms with van der Waals surface area (Å²) in [4.78, 5) is 18.2. The molecule has 1 atom stereocenters. The third-order valence-corrected chi connectivity index (χ3v) is 8.29. The van der Waals surface area contributed by atoms with Crippen molar-refractivity contribution in [3.05, 3.63) is 59.9 Å². The predicted molar refractivity (Wildman–Crippen MR) is 148 cm³/mol. The Balaban J connectivity index is 1.79. The Morgan fingerprint density at radius 3 is 2.64 bits per heavy atom. The number of alkyl halides is 3. The molecule has 0 aliphatic carbocycles. The van der Waals surface area contributed by atoms with Crippen LogP contribution in [0.1, 0.15) is 32.5 Å². The van der Waals surface area contributed by atoms with Gasteiger partial charge >= 0.3 is 15.6 Å². The number of aromatic nitrogens is 3. The highest BCUT2D eigenvalue weighted by Gasteiger charge is 2.49. The third kappa shape index (κ3) is 5.33. The van der Waals surface area contributed by atoms with E-state index < -0.39 is 27.3 Å². The number of amides is 1. The average Bonchev–Trinajstić information content (AvgIpc) is 3.55. The van der Waals surface area contributed by atoms with Crippen LogP contribution in [0.3, 0.4) is 0 Å². The molecule has 1 aliphatic heterocycles. The van der Waals surface area contributed by atoms with Crippen LogP contribution in [0.5, 0.6) is 11.6 Å². The fourth-order valence-corrected chi connectivity index (χ4v) is 6.08. The first-order valence-corrected chi connectivity index (χ1v) is 14.9. The number of halogens is 4. The van der Waals surface area contributed by atoms with Gasteiger partial charge in [0.2, 0.25) is 11.8 Å². The van der Waals surface area contributed by atoms with Crippen LogP contribution in [0.15, 0.2) is 48.4 Å². The fraction of sp³-hybridized carbons (Fsp3) is 0.296. The number of carbonyl (C=O) groups is 1. The van der Waals surface area contributed by atoms with Crippen LogP contribution >= 0.6 is 11.3 Å². The number of carbonyl (C=O) groups excluding carboxylic acids is 1. The Morgan fingerprint density at radius 2 is 1.98 bits per heavy atom. The van der Waals surface area contributed by atoms with Crippen LogP contribution in [-0.2, 0) is 21.5 Å². The highest BCUT2D eigenvalue weighted by molar-refractivity contribution is 7.88. The standard InChI is InChI=1S/C27H24F4N4O5S2/c1-5-22(36)34-12-15(4)35-17(13-34)11-20(33-35)24-23(18-7-6-16(28)10-21(18)39-14(2)3)25-19(8-9-41-25)26(32-24)40-42(37,38)27(29,30)31/h5-11,14-15H,1,12-13H2,2-4H3/t15-/m1/s1. The number of fused-ring (bicyclic) bond motifs is 2. The first-order valence-electron chi connectivity index (χ1n) is 12.6. The van der Waals surface area contributed by atoms with E-state index in [9.17, 15) is 30.8 Å². The van der Waals surface area contributed by atoms with Gasteiger partial charge in [-0.1, -0.05) is 6.58 Å². The van der Waals surface area contributed by atoms with Crippen LogP contribution in [-0.4, -0.2) is 52.1 Å². The lowest BCUT2D eigenvalue weighted by atomic mass is 9.99. The maximum atomic E-state index is 14.3. The number of thiophene rings is 1. The SMILES string of the molecule is C=CC(=O)N1Cc2cc(-c3nc(OS(=O)(=O)C(F)(F)F)c4ccsc4c3-c3ccc(F)cc3OC(C)C)nn2[C@H](C)C1. The van der Waals surface area contributed by atoms with Gasteiger partial charge in [0.15, 0.2) is 0 Å². The molecule has 5 rings (SSSR count). The second-order valence-electron chi connectivity index (χ2n) is 9.83. The summed E-state index contributed by atoms with van der Waals surface area (Å²) in [7, 11) is -6.07. The van der Waals surface area contributed by atoms with Crippen LogP contribution in [0, 0.1) is 5.82 Å². The van der Waals surface area contributed by atoms with Gasteiger partial charge in [-0.25, -0.2) is 9.37 Å². The number of hydrogen-bond donors (Lipinski definition) is 0. The van der Waals surface area contributed by atoms with Gasteiger partial charge in [-0.3, -0.25) is 9.48 Å². The van der Waals surface area contributed by atoms with Crippen LogP contribution in [0.25, 0.3) is 32.6 Å². The van der Waals surface area contributed by atoms with E-state index in [4.69, 9.17) is 4.74 Å². The van der Waals surface area contributed by atoms with Gasteiger partial charge in [0.1, 0.15) is 23.0 Å². The number of pyridine rings is 1. The maximum Gasteiger partial charge on any atom is 0.534 e. The highest BCUT2D eigenvalue weighted by atomic mass is 32.2. The lowest BCUT2D eigenvalue weighted by molar-refractivity contribution is -0.127. The molecule has 15 heteroatoms. The molecule has 3 aromatic heterocycles. The molecule has 4 aromatic rings. The molecular weight excluding hydrogens is 600 g/mol. The van der Waals surface area contributed by atoms with Crippen molar-refractivity contribution >= 4 is 37.4 Å². The zero-order valence-electron chi connectivity index (χ0n) is 22.5. The van der Waals surface area contributed by atoms with Crippen LogP contribution < -0.4 is 8.92 Å². The molecule has 1 aliphatic rings. The van der Waals surface area contributed by atoms with E-state index in [1.165, 1.54) is 35.7 Å². The molecule has 42 heavy (non-hydrogen) atoms. The number of hydrogen-bond acceptors (Lipinski definition) is 8. The van der Waals surface area contributed by atoms with E-state index in [1.54, 1.807) is 29.5 Å². The lowest BCUT2D eigenvalue weighted by Crippen LogP contribution is -2.39. The summed E-state index contributed by atoms with van der Waals surface area (Å²) >= 11 is 1.10. The first-order chi connectivity index (χ1) is 19.7. The van der Waals surface area contributed by atoms with Crippen molar-refractivity contribution in [3.63, 3.8) is 0 Å². The molecule has 0 fully saturated rings. The normalized spacial score (nSPS) is 15.6. The first kappa shape index (κ1) is 29.5. The summed E-state index contributed by atoms with van der Waals surface area (Å²) in [5.74, 6) is -1.53. The average molecular weight is 625 g/mol. The Labute approximate surface area is 242 Å². The molecule has 222 valence electrons. The second kappa shape index (κ2) is 10.7. The number of rotatable bonds is 7. The molecule has 0 bridgehead atoms. The molecule has 0 spiro atoms. The number of nitrogens with zero attached hydrogens (tertiary/aromatic N) is 4. The van der Waals surface area contributed by atoms with Crippen molar-refractivity contribution in [2.75, 3.05) is 6.54 Å². The van der Waals surface area contributed by atoms with Crippen molar-refractivity contribution in [1.82, 2.24) is 19.7 Å². The summed E-state index contributed by atoms with van der Waals surface area (Å²) in [6.45, 7) is 9.34. The van der Waals surface area contributed by atoms with Crippen molar-refractivity contribution in [1.29, 1.82) is 0 Å². The molecule has 4 heterocycles. The summed E-state index contributed by atoms with van der Waals surface area (Å²) in [5, 5.41) is 6.18. The largest absolute Gasteiger partial charge is 0.534 e. The fourth-order valence-electron chi connectivity index (χ4n) is 4.70. The topological polar surface area (TPSA) is 104 Å². The molecular formula is C27H24F4N4O5S2. The molecule has 9 nitrogen and oxygen atoms in total. The predicted octanol–water partition coefficient (Wildman–Crippen LogP) is 6.07. The number of ether oxygens (including phenoxy) is 1. The van der Waals surface area contributed by atoms with Crippen LogP contribution in [0.4, 0.5) is 17.6 Å². The minimum absolute atomic E-state index is 0.00788. The van der Waals surface area contributed by atoms with Gasteiger partial charge in [-0.2, -0.15) is 26.7 Å². The second-order valence-corrected chi connectivity index (χ2v) is 12.3. The van der Waals surface area contributed by atoms with Gasteiger partial charge in [-0.15, -0.1) is 11.3 Å². The van der Waals surface area contributed by atoms with Gasteiger partial charge in [0.25, 0.3) is 0 Å². The van der Waals surface area contributed by atoms with Gasteiger partial charge < -0.3 is 13.8 Å². The summed E-state index contributed by atoms with van der Waals surface area (Å²) in [5.41, 5.74) is -4.27. The quantitative estimate of drug-likeness (QED) is 0.106. The maximum absolute atomic E-state index is 14.3. The van der Waals surface area contributed by atoms with Crippen molar-refractivity contribution in [2.45, 2.75) is 45.0 Å². The smallest absolute Gasteiger partial charge is 0.490 e. The molecule has 0 unspecified atom stereocenters. The Bertz CT molecular complexity index is 1810. The number of benzene rings is 1. The molecule has 0 saturated heterocycles. The summed E-state index contributed by atoms with van der Waals surface area (Å²) < 4.78 is 90.7. The molecule has 1 amide bonds. The summed E-state index contributed by atoms with van der Waals surface area (Å²) in [6.07, 6.45) is 0.828. The van der Waals surface area contributed by atoms with E-state index in [0.29, 0.717) is 28.1 Å². The van der Waals surface area contributed by atoms with E-state index in [1.807, 2.05) is 6.92 Å². The van der Waals surface area contributed by atoms with Crippen molar-refractivity contribution in [3.8, 4) is 34.1 Å². The van der Waals surface area contributed by atoms with Crippen LogP contribution in [0.2, 0.25) is 0 Å². The molecule has 0 N–H and O–H groups in total. The zero-order valence-corrected chi connectivity index (χ0v) is 24.1. The minimum Gasteiger partial charge on any atom is -0.490 e. The van der Waals surface area contributed by atoms with Gasteiger partial charge in [0, 0.05) is 28.4 Å². The van der Waals surface area contributed by atoms with Gasteiger partial charge in [0.05, 0.1) is 29.8 Å². The Kier molecular flexibility index (Phi) is 7.51. The van der Waals surface area contributed by atoms with E-state index in [-0.39, 0.29) is 47.1 Å². The third-order valence-electron chi connectivity index (χ3n) is 6.42. The van der Waals surface area contributed by atoms with Gasteiger partial charge in [-0.05, 0) is 56.5 Å². The molecule has 0 radical (unpaired) electrons. The van der Waals surface area contributed by atoms with E-state index in [0.717, 1.165) is 11.3 Å². The monoisotopic (exact) mass is 624 g/mol. The van der Waals surface area contributed by atoms with E-state index in [2.05, 4.69) is 20.8 Å². The summed E-state index contributed by atoms with van der Waals surface area (Å²) in [6, 6.07) is 6.53. The Morgan fingerprint density at radius 1 is 1.24 bits per heavy atom. The zero-order chi connectivity index (χ0) is 30.6. The lowest BCUT2D eigenvalue weighted by Gasteiger charge is -2.31.